The van der Waals surface area contributed by atoms with Gasteiger partial charge >= 0.3 is 6.09 Å². The van der Waals surface area contributed by atoms with Crippen LogP contribution in [0.25, 0.3) is 0 Å². The van der Waals surface area contributed by atoms with Gasteiger partial charge in [0.15, 0.2) is 0 Å². The molecule has 0 aliphatic carbocycles. The highest BCUT2D eigenvalue weighted by Crippen LogP contribution is 2.22. The molecule has 0 radical (unpaired) electrons. The van der Waals surface area contributed by atoms with Crippen LogP contribution in [0.2, 0.25) is 0 Å². The highest BCUT2D eigenvalue weighted by atomic mass is 35.7. The third-order valence-electron chi connectivity index (χ3n) is 3.23. The molecule has 0 aliphatic heterocycles. The second kappa shape index (κ2) is 8.42. The van der Waals surface area contributed by atoms with Crippen LogP contribution in [0.4, 0.5) is 10.6 Å². The summed E-state index contributed by atoms with van der Waals surface area (Å²) in [5, 5.41) is 6.53. The number of rotatable bonds is 5. The second-order valence-electron chi connectivity index (χ2n) is 7.35. The van der Waals surface area contributed by atoms with Gasteiger partial charge in [-0.15, -0.1) is 9.78 Å². The summed E-state index contributed by atoms with van der Waals surface area (Å²) in [4.78, 5) is 24.8. The van der Waals surface area contributed by atoms with Gasteiger partial charge in [0.2, 0.25) is 5.88 Å². The van der Waals surface area contributed by atoms with Crippen LogP contribution < -0.4 is 10.1 Å². The number of nitrogens with one attached hydrogen (secondary N) is 1. The maximum atomic E-state index is 12.6. The van der Waals surface area contributed by atoms with Crippen LogP contribution in [0.3, 0.4) is 0 Å². The molecule has 0 aliphatic rings. The first-order chi connectivity index (χ1) is 13.3. The van der Waals surface area contributed by atoms with Crippen LogP contribution in [0.15, 0.2) is 35.2 Å². The van der Waals surface area contributed by atoms with Crippen molar-refractivity contribution in [3.63, 3.8) is 0 Å². The molecule has 1 heterocycles. The van der Waals surface area contributed by atoms with E-state index in [1.807, 2.05) is 0 Å². The molecule has 0 atom stereocenters. The van der Waals surface area contributed by atoms with Crippen LogP contribution in [0, 0.1) is 0 Å². The molecule has 1 amide bonds. The topological polar surface area (TPSA) is 117 Å². The number of nitrogens with zero attached hydrogens (tertiary/aromatic N) is 2. The Morgan fingerprint density at radius 3 is 2.41 bits per heavy atom. The molecule has 0 unspecified atom stereocenters. The number of anilines is 1. The number of carbonyl (C=O) groups excluding carboxylic acids is 2. The van der Waals surface area contributed by atoms with E-state index in [1.165, 1.54) is 24.3 Å². The third kappa shape index (κ3) is 6.47. The van der Waals surface area contributed by atoms with Gasteiger partial charge in [0.25, 0.3) is 15.0 Å². The Hall–Kier alpha value is -2.59. The predicted octanol–water partition coefficient (Wildman–Crippen LogP) is 3.63. The first-order valence-corrected chi connectivity index (χ1v) is 10.9. The summed E-state index contributed by atoms with van der Waals surface area (Å²) in [5.41, 5.74) is -0.762. The number of aromatic nitrogens is 2. The molecule has 2 rings (SSSR count). The van der Waals surface area contributed by atoms with Crippen LogP contribution in [0.5, 0.6) is 5.88 Å². The molecule has 1 aromatic carbocycles. The number of hydrogen-bond acceptors (Lipinski definition) is 7. The molecule has 11 heteroatoms. The van der Waals surface area contributed by atoms with Gasteiger partial charge in [0.1, 0.15) is 11.4 Å². The SMILES string of the molecule is CC(C)Oc1cc(NC(=O)c2cccc(S(=O)(=O)Cl)c2)n(C(=O)OC(C)(C)C)n1. The van der Waals surface area contributed by atoms with Gasteiger partial charge in [0.05, 0.1) is 11.0 Å². The lowest BCUT2D eigenvalue weighted by atomic mass is 10.2. The summed E-state index contributed by atoms with van der Waals surface area (Å²) >= 11 is 0. The maximum absolute atomic E-state index is 12.6. The smallest absolute Gasteiger partial charge is 0.437 e. The highest BCUT2D eigenvalue weighted by molar-refractivity contribution is 8.13. The zero-order valence-corrected chi connectivity index (χ0v) is 18.2. The molecule has 2 aromatic rings. The van der Waals surface area contributed by atoms with E-state index in [0.717, 1.165) is 10.7 Å². The van der Waals surface area contributed by atoms with Crippen molar-refractivity contribution >= 4 is 37.6 Å². The van der Waals surface area contributed by atoms with Crippen LogP contribution in [0.1, 0.15) is 45.0 Å². The number of halogens is 1. The molecular weight excluding hydrogens is 422 g/mol. The van der Waals surface area contributed by atoms with Crippen molar-refractivity contribution < 1.29 is 27.5 Å². The van der Waals surface area contributed by atoms with E-state index in [2.05, 4.69) is 10.4 Å². The zero-order valence-electron chi connectivity index (χ0n) is 16.6. The van der Waals surface area contributed by atoms with E-state index in [-0.39, 0.29) is 28.3 Å². The number of hydrogen-bond donors (Lipinski definition) is 1. The molecule has 0 saturated heterocycles. The Kier molecular flexibility index (Phi) is 6.59. The van der Waals surface area contributed by atoms with Gasteiger partial charge in [-0.1, -0.05) is 6.07 Å². The Labute approximate surface area is 173 Å². The fraction of sp³-hybridized carbons (Fsp3) is 0.389. The molecular formula is C18H22ClN3O6S. The number of ether oxygens (including phenoxy) is 2. The molecule has 0 spiro atoms. The average Bonchev–Trinajstić information content (AvgIpc) is 2.94. The van der Waals surface area contributed by atoms with Crippen molar-refractivity contribution in [2.75, 3.05) is 5.32 Å². The minimum absolute atomic E-state index is 0.000895. The molecule has 0 saturated carbocycles. The number of amides is 1. The Balaban J connectivity index is 2.36. The summed E-state index contributed by atoms with van der Waals surface area (Å²) in [6.07, 6.45) is -1.03. The number of carbonyl (C=O) groups is 2. The van der Waals surface area contributed by atoms with E-state index in [4.69, 9.17) is 20.2 Å². The van der Waals surface area contributed by atoms with Crippen LogP contribution >= 0.6 is 10.7 Å². The van der Waals surface area contributed by atoms with Gasteiger partial charge in [-0.05, 0) is 52.8 Å². The Bertz CT molecular complexity index is 1020. The molecule has 0 fully saturated rings. The van der Waals surface area contributed by atoms with Crippen LogP contribution in [-0.2, 0) is 13.8 Å². The lowest BCUT2D eigenvalue weighted by Gasteiger charge is -2.19. The molecule has 29 heavy (non-hydrogen) atoms. The minimum atomic E-state index is -4.00. The fourth-order valence-electron chi connectivity index (χ4n) is 2.17. The standard InChI is InChI=1S/C18H22ClN3O6S/c1-11(2)27-15-10-14(22(21-15)17(24)28-18(3,4)5)20-16(23)12-7-6-8-13(9-12)29(19,25)26/h6-11H,1-5H3,(H,20,23). The monoisotopic (exact) mass is 443 g/mol. The summed E-state index contributed by atoms with van der Waals surface area (Å²) < 4.78 is 34.6. The lowest BCUT2D eigenvalue weighted by molar-refractivity contribution is 0.0514. The van der Waals surface area contributed by atoms with Crippen molar-refractivity contribution in [2.45, 2.75) is 51.2 Å². The van der Waals surface area contributed by atoms with Gasteiger partial charge < -0.3 is 14.8 Å². The van der Waals surface area contributed by atoms with E-state index in [1.54, 1.807) is 34.6 Å². The van der Waals surface area contributed by atoms with Gasteiger partial charge in [-0.2, -0.15) is 0 Å². The Morgan fingerprint density at radius 2 is 1.86 bits per heavy atom. The van der Waals surface area contributed by atoms with Gasteiger partial charge in [0, 0.05) is 22.3 Å². The second-order valence-corrected chi connectivity index (χ2v) is 9.91. The van der Waals surface area contributed by atoms with E-state index >= 15 is 0 Å². The van der Waals surface area contributed by atoms with Crippen molar-refractivity contribution in [1.82, 2.24) is 9.78 Å². The van der Waals surface area contributed by atoms with Gasteiger partial charge in [-0.25, -0.2) is 13.2 Å². The quantitative estimate of drug-likeness (QED) is 0.701. The summed E-state index contributed by atoms with van der Waals surface area (Å²) in [7, 11) is 1.32. The van der Waals surface area contributed by atoms with Crippen molar-refractivity contribution in [3.05, 3.63) is 35.9 Å². The van der Waals surface area contributed by atoms with Crippen molar-refractivity contribution in [3.8, 4) is 5.88 Å². The molecule has 0 bridgehead atoms. The molecule has 1 N–H and O–H groups in total. The maximum Gasteiger partial charge on any atom is 0.437 e. The third-order valence-corrected chi connectivity index (χ3v) is 4.58. The zero-order chi connectivity index (χ0) is 22.0. The molecule has 158 valence electrons. The van der Waals surface area contributed by atoms with Crippen molar-refractivity contribution in [2.24, 2.45) is 0 Å². The lowest BCUT2D eigenvalue weighted by Crippen LogP contribution is -2.29. The predicted molar refractivity (Wildman–Crippen MR) is 107 cm³/mol. The van der Waals surface area contributed by atoms with Gasteiger partial charge in [-0.3, -0.25) is 4.79 Å². The van der Waals surface area contributed by atoms with Crippen molar-refractivity contribution in [1.29, 1.82) is 0 Å². The normalized spacial score (nSPS) is 12.0. The van der Waals surface area contributed by atoms with E-state index < -0.39 is 26.7 Å². The minimum Gasteiger partial charge on any atom is -0.474 e. The first kappa shape index (κ1) is 22.7. The molecule has 9 nitrogen and oxygen atoms in total. The summed E-state index contributed by atoms with van der Waals surface area (Å²) in [5.74, 6) is -0.565. The fourth-order valence-corrected chi connectivity index (χ4v) is 2.97. The van der Waals surface area contributed by atoms with E-state index in [0.29, 0.717) is 0 Å². The highest BCUT2D eigenvalue weighted by Gasteiger charge is 2.24. The first-order valence-electron chi connectivity index (χ1n) is 8.62. The Morgan fingerprint density at radius 1 is 1.21 bits per heavy atom. The molecule has 1 aromatic heterocycles. The van der Waals surface area contributed by atoms with E-state index in [9.17, 15) is 18.0 Å². The summed E-state index contributed by atoms with van der Waals surface area (Å²) in [6.45, 7) is 8.63. The number of benzene rings is 1. The largest absolute Gasteiger partial charge is 0.474 e. The van der Waals surface area contributed by atoms with Crippen LogP contribution in [-0.4, -0.2) is 41.9 Å². The summed E-state index contributed by atoms with van der Waals surface area (Å²) in [6, 6.07) is 6.53. The average molecular weight is 444 g/mol.